The Balaban J connectivity index is 1.36. The molecule has 0 unspecified atom stereocenters. The second kappa shape index (κ2) is 9.96. The number of rotatable bonds is 3. The summed E-state index contributed by atoms with van der Waals surface area (Å²) in [5.41, 5.74) is 12.2. The second-order valence-electron chi connectivity index (χ2n) is 14.9. The number of hydrogen-bond donors (Lipinski definition) is 0. The Bertz CT molecular complexity index is 2940. The van der Waals surface area contributed by atoms with Gasteiger partial charge in [0.15, 0.2) is 0 Å². The molecule has 0 radical (unpaired) electrons. The van der Waals surface area contributed by atoms with Gasteiger partial charge in [0.25, 0.3) is 0 Å². The Morgan fingerprint density at radius 3 is 1.63 bits per heavy atom. The van der Waals surface area contributed by atoms with E-state index in [4.69, 9.17) is 8.83 Å². The van der Waals surface area contributed by atoms with E-state index in [1.807, 2.05) is 0 Å². The first-order chi connectivity index (χ1) is 23.8. The Hall–Kier alpha value is -5.60. The van der Waals surface area contributed by atoms with Crippen LogP contribution in [-0.2, 0) is 11.8 Å². The molecule has 2 nitrogen and oxygen atoms in total. The number of fused-ring (bicyclic) bond motifs is 6. The smallest absolute Gasteiger partial charge is 0.143 e. The van der Waals surface area contributed by atoms with Crippen molar-refractivity contribution in [1.29, 1.82) is 0 Å². The molecule has 0 bridgehead atoms. The third-order valence-electron chi connectivity index (χ3n) is 10.8. The Labute approximate surface area is 284 Å². The van der Waals surface area contributed by atoms with Crippen molar-refractivity contribution in [3.63, 3.8) is 0 Å². The molecule has 8 aromatic carbocycles. The van der Waals surface area contributed by atoms with E-state index in [9.17, 15) is 0 Å². The molecule has 2 heterocycles. The number of aryl methyl sites for hydroxylation is 2. The molecular formula is C47H36O2. The van der Waals surface area contributed by atoms with Gasteiger partial charge in [-0.2, -0.15) is 0 Å². The van der Waals surface area contributed by atoms with Crippen molar-refractivity contribution < 1.29 is 8.83 Å². The average molecular weight is 633 g/mol. The van der Waals surface area contributed by atoms with Crippen LogP contribution in [0.3, 0.4) is 0 Å². The summed E-state index contributed by atoms with van der Waals surface area (Å²) in [5.74, 6) is 0. The lowest BCUT2D eigenvalue weighted by Crippen LogP contribution is -2.10. The van der Waals surface area contributed by atoms with Gasteiger partial charge in [0, 0.05) is 32.7 Å². The van der Waals surface area contributed by atoms with Crippen LogP contribution >= 0.6 is 0 Å². The van der Waals surface area contributed by atoms with Gasteiger partial charge < -0.3 is 8.83 Å². The highest BCUT2D eigenvalue weighted by atomic mass is 16.3. The van der Waals surface area contributed by atoms with E-state index in [2.05, 4.69) is 150 Å². The minimum atomic E-state index is 0.0463. The van der Waals surface area contributed by atoms with E-state index in [1.165, 1.54) is 65.5 Å². The predicted molar refractivity (Wildman–Crippen MR) is 208 cm³/mol. The molecule has 0 saturated carbocycles. The minimum Gasteiger partial charge on any atom is -0.455 e. The standard InChI is InChI=1S/C47H36O2/c1-6-27-14-20-42-40(22-27)36-12-8-10-34(46(36)49-42)38-25-37(33-9-7-11-35-39-21-26(2)13-19-41(39)48-45(33)35)31-17-15-28-23-30(47(3,4)5)24-29-16-18-32(38)44(31)43(28)29/h7-25H,6H2,1-5H3. The average Bonchev–Trinajstić information content (AvgIpc) is 3.67. The van der Waals surface area contributed by atoms with Crippen molar-refractivity contribution in [3.8, 4) is 22.3 Å². The zero-order valence-electron chi connectivity index (χ0n) is 28.5. The summed E-state index contributed by atoms with van der Waals surface area (Å²) in [5, 5.41) is 12.2. The molecule has 0 atom stereocenters. The molecule has 0 spiro atoms. The Morgan fingerprint density at radius 1 is 0.490 bits per heavy atom. The van der Waals surface area contributed by atoms with Crippen LogP contribution in [0.1, 0.15) is 44.4 Å². The molecule has 0 amide bonds. The number of para-hydroxylation sites is 2. The van der Waals surface area contributed by atoms with Gasteiger partial charge in [-0.1, -0.05) is 118 Å². The fraction of sp³-hybridized carbons (Fsp3) is 0.149. The van der Waals surface area contributed by atoms with Crippen molar-refractivity contribution in [2.24, 2.45) is 0 Å². The third kappa shape index (κ3) is 4.07. The second-order valence-corrected chi connectivity index (χ2v) is 14.9. The lowest BCUT2D eigenvalue weighted by Gasteiger charge is -2.23. The lowest BCUT2D eigenvalue weighted by molar-refractivity contribution is 0.591. The van der Waals surface area contributed by atoms with Gasteiger partial charge in [-0.15, -0.1) is 0 Å². The van der Waals surface area contributed by atoms with Crippen LogP contribution < -0.4 is 0 Å². The summed E-state index contributed by atoms with van der Waals surface area (Å²) in [6.07, 6.45) is 0.991. The van der Waals surface area contributed by atoms with E-state index in [1.54, 1.807) is 0 Å². The predicted octanol–water partition coefficient (Wildman–Crippen LogP) is 13.9. The summed E-state index contributed by atoms with van der Waals surface area (Å²) < 4.78 is 13.4. The number of benzene rings is 8. The molecule has 0 N–H and O–H groups in total. The van der Waals surface area contributed by atoms with Crippen LogP contribution in [0, 0.1) is 6.92 Å². The molecule has 0 aliphatic heterocycles. The van der Waals surface area contributed by atoms with Crippen molar-refractivity contribution in [2.75, 3.05) is 0 Å². The first-order valence-electron chi connectivity index (χ1n) is 17.4. The maximum Gasteiger partial charge on any atom is 0.143 e. The van der Waals surface area contributed by atoms with Gasteiger partial charge in [0.2, 0.25) is 0 Å². The molecule has 0 aliphatic rings. The molecule has 236 valence electrons. The van der Waals surface area contributed by atoms with E-state index in [-0.39, 0.29) is 5.41 Å². The lowest BCUT2D eigenvalue weighted by atomic mass is 9.81. The highest BCUT2D eigenvalue weighted by Crippen LogP contribution is 2.48. The van der Waals surface area contributed by atoms with Gasteiger partial charge in [0.05, 0.1) is 0 Å². The quantitative estimate of drug-likeness (QED) is 0.181. The topological polar surface area (TPSA) is 26.3 Å². The normalized spacial score (nSPS) is 12.7. The van der Waals surface area contributed by atoms with Crippen LogP contribution in [0.15, 0.2) is 124 Å². The van der Waals surface area contributed by atoms with Gasteiger partial charge >= 0.3 is 0 Å². The van der Waals surface area contributed by atoms with Crippen LogP contribution in [0.25, 0.3) is 98.4 Å². The monoisotopic (exact) mass is 632 g/mol. The summed E-state index contributed by atoms with van der Waals surface area (Å²) >= 11 is 0. The van der Waals surface area contributed by atoms with E-state index in [0.29, 0.717) is 0 Å². The van der Waals surface area contributed by atoms with Crippen molar-refractivity contribution >= 4 is 76.2 Å². The third-order valence-corrected chi connectivity index (χ3v) is 10.8. The number of furan rings is 2. The summed E-state index contributed by atoms with van der Waals surface area (Å²) in [4.78, 5) is 0. The minimum absolute atomic E-state index is 0.0463. The fourth-order valence-corrected chi connectivity index (χ4v) is 8.20. The van der Waals surface area contributed by atoms with Gasteiger partial charge in [-0.3, -0.25) is 0 Å². The molecule has 2 aromatic heterocycles. The van der Waals surface area contributed by atoms with Crippen molar-refractivity contribution in [3.05, 3.63) is 132 Å². The maximum atomic E-state index is 6.73. The Kier molecular flexibility index (Phi) is 5.78. The van der Waals surface area contributed by atoms with E-state index in [0.717, 1.165) is 56.0 Å². The van der Waals surface area contributed by atoms with E-state index < -0.39 is 0 Å². The first kappa shape index (κ1) is 28.4. The Morgan fingerprint density at radius 2 is 1.06 bits per heavy atom. The highest BCUT2D eigenvalue weighted by Gasteiger charge is 2.23. The molecule has 10 rings (SSSR count). The zero-order valence-corrected chi connectivity index (χ0v) is 28.5. The molecule has 0 saturated heterocycles. The van der Waals surface area contributed by atoms with Crippen LogP contribution in [0.5, 0.6) is 0 Å². The summed E-state index contributed by atoms with van der Waals surface area (Å²) in [7, 11) is 0. The van der Waals surface area contributed by atoms with Gasteiger partial charge in [-0.05, 0) is 104 Å². The summed E-state index contributed by atoms with van der Waals surface area (Å²) in [6.45, 7) is 11.2. The van der Waals surface area contributed by atoms with Gasteiger partial charge in [0.1, 0.15) is 22.3 Å². The van der Waals surface area contributed by atoms with Crippen molar-refractivity contribution in [1.82, 2.24) is 0 Å². The van der Waals surface area contributed by atoms with Crippen LogP contribution in [0.4, 0.5) is 0 Å². The molecular weight excluding hydrogens is 597 g/mol. The zero-order chi connectivity index (χ0) is 33.2. The van der Waals surface area contributed by atoms with Gasteiger partial charge in [-0.25, -0.2) is 0 Å². The molecule has 0 aliphatic carbocycles. The molecule has 49 heavy (non-hydrogen) atoms. The first-order valence-corrected chi connectivity index (χ1v) is 17.4. The van der Waals surface area contributed by atoms with Crippen LogP contribution in [0.2, 0.25) is 0 Å². The van der Waals surface area contributed by atoms with E-state index >= 15 is 0 Å². The highest BCUT2D eigenvalue weighted by molar-refractivity contribution is 6.30. The number of hydrogen-bond acceptors (Lipinski definition) is 2. The maximum absolute atomic E-state index is 6.73. The molecule has 2 heteroatoms. The van der Waals surface area contributed by atoms with Crippen molar-refractivity contribution in [2.45, 2.75) is 46.5 Å². The largest absolute Gasteiger partial charge is 0.455 e. The molecule has 10 aromatic rings. The summed E-state index contributed by atoms with van der Waals surface area (Å²) in [6, 6.07) is 42.7. The van der Waals surface area contributed by atoms with Crippen LogP contribution in [-0.4, -0.2) is 0 Å². The fourth-order valence-electron chi connectivity index (χ4n) is 8.20. The molecule has 0 fully saturated rings. The SMILES string of the molecule is CCc1ccc2oc3c(-c4cc(-c5cccc6c5oc5ccc(C)cc56)c5ccc6cc(C(C)(C)C)cc7ccc4c5c67)cccc3c2c1.